The number of fused-ring (bicyclic) bond motifs is 1. The molecule has 0 saturated carbocycles. The molecule has 0 radical (unpaired) electrons. The molecule has 0 amide bonds. The lowest BCUT2D eigenvalue weighted by atomic mass is 10.1. The van der Waals surface area contributed by atoms with Crippen LogP contribution >= 0.6 is 11.3 Å². The number of carboxylic acid groups (broad SMARTS) is 1. The highest BCUT2D eigenvalue weighted by Crippen LogP contribution is 2.26. The fraction of sp³-hybridized carbons (Fsp3) is 0.133. The number of rotatable bonds is 4. The molecule has 0 spiro atoms. The molecule has 2 heterocycles. The molecule has 6 heteroatoms. The Kier molecular flexibility index (Phi) is 3.53. The van der Waals surface area contributed by atoms with E-state index in [1.165, 1.54) is 11.3 Å². The number of thiazole rings is 1. The van der Waals surface area contributed by atoms with Crippen LogP contribution in [0.4, 0.5) is 5.82 Å². The summed E-state index contributed by atoms with van der Waals surface area (Å²) in [7, 11) is 0. The van der Waals surface area contributed by atoms with Gasteiger partial charge in [-0.25, -0.2) is 14.8 Å². The number of hydrogen-bond donors (Lipinski definition) is 2. The van der Waals surface area contributed by atoms with E-state index in [9.17, 15) is 4.79 Å². The van der Waals surface area contributed by atoms with Gasteiger partial charge in [0.1, 0.15) is 10.8 Å². The van der Waals surface area contributed by atoms with Crippen LogP contribution in [-0.2, 0) is 0 Å². The van der Waals surface area contributed by atoms with Crippen molar-refractivity contribution in [2.75, 3.05) is 5.32 Å². The second-order valence-corrected chi connectivity index (χ2v) is 5.51. The summed E-state index contributed by atoms with van der Waals surface area (Å²) in [6.45, 7) is 1.94. The number of pyridine rings is 1. The fourth-order valence-electron chi connectivity index (χ4n) is 2.09. The highest BCUT2D eigenvalue weighted by Gasteiger charge is 2.15. The zero-order valence-corrected chi connectivity index (χ0v) is 12.1. The van der Waals surface area contributed by atoms with Crippen molar-refractivity contribution in [2.45, 2.75) is 13.0 Å². The van der Waals surface area contributed by atoms with Crippen molar-refractivity contribution in [1.29, 1.82) is 0 Å². The Labute approximate surface area is 125 Å². The number of hydrogen-bond acceptors (Lipinski definition) is 5. The summed E-state index contributed by atoms with van der Waals surface area (Å²) in [5, 5.41) is 16.6. The zero-order chi connectivity index (χ0) is 14.8. The molecule has 1 aromatic carbocycles. The molecule has 2 aromatic heterocycles. The van der Waals surface area contributed by atoms with E-state index >= 15 is 0 Å². The lowest BCUT2D eigenvalue weighted by Crippen LogP contribution is -2.08. The zero-order valence-electron chi connectivity index (χ0n) is 11.3. The maximum Gasteiger partial charge on any atom is 0.355 e. The first-order chi connectivity index (χ1) is 10.1. The van der Waals surface area contributed by atoms with Crippen LogP contribution in [0.3, 0.4) is 0 Å². The smallest absolute Gasteiger partial charge is 0.355 e. The third-order valence-corrected chi connectivity index (χ3v) is 4.17. The molecule has 0 bridgehead atoms. The maximum absolute atomic E-state index is 10.9. The van der Waals surface area contributed by atoms with Crippen molar-refractivity contribution >= 4 is 33.9 Å². The predicted octanol–water partition coefficient (Wildman–Crippen LogP) is 3.56. The summed E-state index contributed by atoms with van der Waals surface area (Å²) in [6.07, 6.45) is 1.75. The van der Waals surface area contributed by atoms with E-state index < -0.39 is 5.97 Å². The first-order valence-corrected chi connectivity index (χ1v) is 7.32. The molecule has 0 aliphatic rings. The molecule has 0 fully saturated rings. The van der Waals surface area contributed by atoms with Crippen LogP contribution in [0.2, 0.25) is 0 Å². The minimum atomic E-state index is -1.01. The third kappa shape index (κ3) is 2.71. The summed E-state index contributed by atoms with van der Waals surface area (Å²) in [6, 6.07) is 9.82. The molecular weight excluding hydrogens is 286 g/mol. The molecule has 1 unspecified atom stereocenters. The van der Waals surface area contributed by atoms with E-state index in [4.69, 9.17) is 5.11 Å². The number of carboxylic acids is 1. The normalized spacial score (nSPS) is 12.2. The number of anilines is 1. The van der Waals surface area contributed by atoms with Gasteiger partial charge >= 0.3 is 5.97 Å². The van der Waals surface area contributed by atoms with Gasteiger partial charge in [-0.3, -0.25) is 0 Å². The summed E-state index contributed by atoms with van der Waals surface area (Å²) in [5.74, 6) is -0.235. The Morgan fingerprint density at radius 3 is 2.90 bits per heavy atom. The maximum atomic E-state index is 10.9. The SMILES string of the molecule is CC(Nc1nccc2ccccc12)c1nc(C(=O)O)cs1. The van der Waals surface area contributed by atoms with E-state index in [2.05, 4.69) is 15.3 Å². The molecule has 0 aliphatic heterocycles. The number of carbonyl (C=O) groups is 1. The standard InChI is InChI=1S/C15H13N3O2S/c1-9(14-18-12(8-21-14)15(19)20)17-13-11-5-3-2-4-10(11)6-7-16-13/h2-9H,1H3,(H,16,17)(H,19,20). The van der Waals surface area contributed by atoms with E-state index in [-0.39, 0.29) is 11.7 Å². The van der Waals surface area contributed by atoms with Crippen molar-refractivity contribution in [3.8, 4) is 0 Å². The number of aromatic nitrogens is 2. The van der Waals surface area contributed by atoms with Gasteiger partial charge in [0, 0.05) is 17.0 Å². The molecule has 0 aliphatic carbocycles. The van der Waals surface area contributed by atoms with Gasteiger partial charge in [0.05, 0.1) is 6.04 Å². The summed E-state index contributed by atoms with van der Waals surface area (Å²) >= 11 is 1.33. The lowest BCUT2D eigenvalue weighted by Gasteiger charge is -2.13. The largest absolute Gasteiger partial charge is 0.476 e. The minimum Gasteiger partial charge on any atom is -0.476 e. The van der Waals surface area contributed by atoms with Crippen molar-refractivity contribution < 1.29 is 9.90 Å². The van der Waals surface area contributed by atoms with Crippen molar-refractivity contribution in [1.82, 2.24) is 9.97 Å². The van der Waals surface area contributed by atoms with Gasteiger partial charge in [-0.1, -0.05) is 24.3 Å². The average molecular weight is 299 g/mol. The second-order valence-electron chi connectivity index (χ2n) is 4.62. The monoisotopic (exact) mass is 299 g/mol. The Bertz CT molecular complexity index is 795. The molecule has 2 N–H and O–H groups in total. The first kappa shape index (κ1) is 13.5. The highest BCUT2D eigenvalue weighted by atomic mass is 32.1. The van der Waals surface area contributed by atoms with Gasteiger partial charge in [-0.05, 0) is 18.4 Å². The van der Waals surface area contributed by atoms with E-state index in [1.54, 1.807) is 11.6 Å². The topological polar surface area (TPSA) is 75.1 Å². The average Bonchev–Trinajstić information content (AvgIpc) is 2.98. The van der Waals surface area contributed by atoms with Crippen LogP contribution in [0.1, 0.15) is 28.5 Å². The fourth-order valence-corrected chi connectivity index (χ4v) is 2.89. The van der Waals surface area contributed by atoms with Gasteiger partial charge in [0.15, 0.2) is 5.69 Å². The van der Waals surface area contributed by atoms with Gasteiger partial charge in [0.2, 0.25) is 0 Å². The number of nitrogens with zero attached hydrogens (tertiary/aromatic N) is 2. The lowest BCUT2D eigenvalue weighted by molar-refractivity contribution is 0.0691. The van der Waals surface area contributed by atoms with E-state index in [0.717, 1.165) is 21.6 Å². The van der Waals surface area contributed by atoms with Gasteiger partial charge < -0.3 is 10.4 Å². The van der Waals surface area contributed by atoms with Crippen LogP contribution in [-0.4, -0.2) is 21.0 Å². The van der Waals surface area contributed by atoms with Crippen molar-refractivity contribution in [3.63, 3.8) is 0 Å². The van der Waals surface area contributed by atoms with Crippen LogP contribution in [0, 0.1) is 0 Å². The number of benzene rings is 1. The van der Waals surface area contributed by atoms with Crippen LogP contribution < -0.4 is 5.32 Å². The van der Waals surface area contributed by atoms with Crippen LogP contribution in [0.25, 0.3) is 10.8 Å². The van der Waals surface area contributed by atoms with Gasteiger partial charge in [-0.15, -0.1) is 11.3 Å². The van der Waals surface area contributed by atoms with Crippen LogP contribution in [0.15, 0.2) is 41.9 Å². The third-order valence-electron chi connectivity index (χ3n) is 3.14. The highest BCUT2D eigenvalue weighted by molar-refractivity contribution is 7.09. The molecule has 0 saturated heterocycles. The summed E-state index contributed by atoms with van der Waals surface area (Å²) < 4.78 is 0. The molecule has 5 nitrogen and oxygen atoms in total. The second kappa shape index (κ2) is 5.49. The van der Waals surface area contributed by atoms with E-state index in [1.807, 2.05) is 37.3 Å². The number of aromatic carboxylic acids is 1. The molecular formula is C15H13N3O2S. The Morgan fingerprint density at radius 2 is 2.14 bits per heavy atom. The quantitative estimate of drug-likeness (QED) is 0.770. The number of nitrogens with one attached hydrogen (secondary N) is 1. The molecule has 21 heavy (non-hydrogen) atoms. The van der Waals surface area contributed by atoms with Crippen molar-refractivity contribution in [3.05, 3.63) is 52.6 Å². The summed E-state index contributed by atoms with van der Waals surface area (Å²) in [5.41, 5.74) is 0.0783. The van der Waals surface area contributed by atoms with Gasteiger partial charge in [-0.2, -0.15) is 0 Å². The Balaban J connectivity index is 1.89. The van der Waals surface area contributed by atoms with Crippen molar-refractivity contribution in [2.24, 2.45) is 0 Å². The summed E-state index contributed by atoms with van der Waals surface area (Å²) in [4.78, 5) is 19.4. The predicted molar refractivity (Wildman–Crippen MR) is 82.9 cm³/mol. The molecule has 1 atom stereocenters. The molecule has 3 rings (SSSR count). The first-order valence-electron chi connectivity index (χ1n) is 6.44. The molecule has 106 valence electrons. The Morgan fingerprint density at radius 1 is 1.33 bits per heavy atom. The van der Waals surface area contributed by atoms with E-state index in [0.29, 0.717) is 0 Å². The Hall–Kier alpha value is -2.47. The molecule has 3 aromatic rings. The van der Waals surface area contributed by atoms with Crippen LogP contribution in [0.5, 0.6) is 0 Å². The minimum absolute atomic E-state index is 0.0783. The van der Waals surface area contributed by atoms with Gasteiger partial charge in [0.25, 0.3) is 0 Å².